The van der Waals surface area contributed by atoms with Crippen molar-refractivity contribution in [3.8, 4) is 11.5 Å². The molecule has 226 valence electrons. The Labute approximate surface area is 265 Å². The van der Waals surface area contributed by atoms with Crippen molar-refractivity contribution in [2.24, 2.45) is 0 Å². The average Bonchev–Trinajstić information content (AvgIpc) is 3.07. The maximum absolute atomic E-state index is 6.76. The van der Waals surface area contributed by atoms with Crippen LogP contribution in [0, 0.1) is 0 Å². The van der Waals surface area contributed by atoms with Gasteiger partial charge in [-0.05, 0) is 0 Å². The summed E-state index contributed by atoms with van der Waals surface area (Å²) in [6, 6.07) is 38.4. The first kappa shape index (κ1) is 32.9. The van der Waals surface area contributed by atoms with Crippen LogP contribution in [-0.2, 0) is 13.2 Å². The van der Waals surface area contributed by atoms with Crippen molar-refractivity contribution in [1.82, 2.24) is 0 Å². The molecule has 0 fully saturated rings. The van der Waals surface area contributed by atoms with Crippen LogP contribution in [0.4, 0.5) is 0 Å². The van der Waals surface area contributed by atoms with Gasteiger partial charge in [0.2, 0.25) is 0 Å². The summed E-state index contributed by atoms with van der Waals surface area (Å²) in [4.78, 5) is 0. The predicted octanol–water partition coefficient (Wildman–Crippen LogP) is 11.8. The molecule has 0 unspecified atom stereocenters. The SMILES string of the molecule is CCC[CH2][Sn]([CH2]CCC)([CH2]CCC)/[C](=C/c1ccccc1)c1c(OCc2ccccc2)cccc1OCc1ccccc1. The summed E-state index contributed by atoms with van der Waals surface area (Å²) in [6.07, 6.45) is 10.1. The summed E-state index contributed by atoms with van der Waals surface area (Å²) in [6.45, 7) is 8.12. The van der Waals surface area contributed by atoms with Crippen LogP contribution in [-0.4, -0.2) is 18.4 Å². The molecule has 4 rings (SSSR count). The number of unbranched alkanes of at least 4 members (excludes halogenated alkanes) is 3. The Kier molecular flexibility index (Phi) is 13.8. The minimum atomic E-state index is -3.02. The van der Waals surface area contributed by atoms with Crippen LogP contribution in [0.2, 0.25) is 13.3 Å². The second-order valence-corrected chi connectivity index (χ2v) is 24.9. The third kappa shape index (κ3) is 9.76. The van der Waals surface area contributed by atoms with Crippen molar-refractivity contribution in [2.45, 2.75) is 85.8 Å². The normalized spacial score (nSPS) is 11.8. The zero-order chi connectivity index (χ0) is 30.2. The van der Waals surface area contributed by atoms with Crippen molar-refractivity contribution < 1.29 is 9.47 Å². The second kappa shape index (κ2) is 18.0. The van der Waals surface area contributed by atoms with Gasteiger partial charge < -0.3 is 0 Å². The standard InChI is InChI=1S/C28H23O2.3C4H9.Sn/c1-4-11-23(12-5-1)19-20-26-27(29-21-24-13-6-2-7-14-24)17-10-18-28(26)30-22-25-15-8-3-9-16-25;3*1-3-4-2;/h1-19H,21-22H2;3*1,3-4H2,2H3;. The molecule has 0 aliphatic carbocycles. The molecule has 0 radical (unpaired) electrons. The van der Waals surface area contributed by atoms with E-state index in [1.165, 1.54) is 74.1 Å². The molecule has 2 nitrogen and oxygen atoms in total. The van der Waals surface area contributed by atoms with Crippen molar-refractivity contribution in [1.29, 1.82) is 0 Å². The van der Waals surface area contributed by atoms with Crippen molar-refractivity contribution in [2.75, 3.05) is 0 Å². The first-order valence-electron chi connectivity index (χ1n) is 16.4. The summed E-state index contributed by atoms with van der Waals surface area (Å²) >= 11 is -3.02. The van der Waals surface area contributed by atoms with Gasteiger partial charge in [-0.15, -0.1) is 0 Å². The Morgan fingerprint density at radius 3 is 1.37 bits per heavy atom. The Morgan fingerprint density at radius 2 is 0.953 bits per heavy atom. The van der Waals surface area contributed by atoms with Gasteiger partial charge in [-0.3, -0.25) is 0 Å². The van der Waals surface area contributed by atoms with Gasteiger partial charge in [0.1, 0.15) is 0 Å². The molecule has 4 aromatic rings. The summed E-state index contributed by atoms with van der Waals surface area (Å²) in [7, 11) is 0. The van der Waals surface area contributed by atoms with E-state index in [9.17, 15) is 0 Å². The molecular formula is C40H50O2Sn. The van der Waals surface area contributed by atoms with Crippen LogP contribution in [0.5, 0.6) is 11.5 Å². The summed E-state index contributed by atoms with van der Waals surface area (Å²) in [5.74, 6) is 1.89. The molecule has 0 spiro atoms. The number of benzene rings is 4. The first-order chi connectivity index (χ1) is 21.2. The number of rotatable bonds is 18. The van der Waals surface area contributed by atoms with Gasteiger partial charge in [0.15, 0.2) is 0 Å². The molecule has 0 atom stereocenters. The van der Waals surface area contributed by atoms with E-state index < -0.39 is 18.4 Å². The van der Waals surface area contributed by atoms with Crippen LogP contribution in [0.15, 0.2) is 109 Å². The van der Waals surface area contributed by atoms with E-state index in [0.29, 0.717) is 13.2 Å². The van der Waals surface area contributed by atoms with Crippen LogP contribution < -0.4 is 9.47 Å². The summed E-state index contributed by atoms with van der Waals surface area (Å²) < 4.78 is 19.2. The van der Waals surface area contributed by atoms with Gasteiger partial charge in [0, 0.05) is 0 Å². The van der Waals surface area contributed by atoms with Crippen molar-refractivity contribution in [3.05, 3.63) is 131 Å². The molecule has 0 aromatic heterocycles. The van der Waals surface area contributed by atoms with E-state index in [1.807, 2.05) is 0 Å². The monoisotopic (exact) mass is 682 g/mol. The molecule has 0 amide bonds. The Bertz CT molecular complexity index is 1280. The quantitative estimate of drug-likeness (QED) is 0.0769. The molecule has 43 heavy (non-hydrogen) atoms. The van der Waals surface area contributed by atoms with Gasteiger partial charge in [-0.25, -0.2) is 0 Å². The van der Waals surface area contributed by atoms with Gasteiger partial charge >= 0.3 is 266 Å². The van der Waals surface area contributed by atoms with Gasteiger partial charge in [0.05, 0.1) is 0 Å². The van der Waals surface area contributed by atoms with Crippen LogP contribution in [0.1, 0.15) is 81.5 Å². The third-order valence-corrected chi connectivity index (χ3v) is 24.0. The number of hydrogen-bond acceptors (Lipinski definition) is 2. The predicted molar refractivity (Wildman–Crippen MR) is 187 cm³/mol. The van der Waals surface area contributed by atoms with Crippen molar-refractivity contribution in [3.63, 3.8) is 0 Å². The molecule has 0 aliphatic rings. The van der Waals surface area contributed by atoms with Crippen molar-refractivity contribution >= 4 is 28.0 Å². The molecule has 0 aliphatic heterocycles. The van der Waals surface area contributed by atoms with Crippen LogP contribution in [0.3, 0.4) is 0 Å². The molecule has 0 bridgehead atoms. The summed E-state index contributed by atoms with van der Waals surface area (Å²) in [5, 5.41) is 0. The molecule has 0 heterocycles. The Morgan fingerprint density at radius 1 is 0.535 bits per heavy atom. The van der Waals surface area contributed by atoms with Gasteiger partial charge in [0.25, 0.3) is 0 Å². The third-order valence-electron chi connectivity index (χ3n) is 8.44. The van der Waals surface area contributed by atoms with E-state index in [2.05, 4.69) is 136 Å². The molecule has 0 saturated carbocycles. The molecule has 4 aromatic carbocycles. The fourth-order valence-electron chi connectivity index (χ4n) is 6.02. The second-order valence-electron chi connectivity index (χ2n) is 11.7. The summed E-state index contributed by atoms with van der Waals surface area (Å²) in [5.41, 5.74) is 4.83. The maximum atomic E-state index is 6.76. The molecule has 0 N–H and O–H groups in total. The molecule has 0 saturated heterocycles. The number of ether oxygens (including phenoxy) is 2. The zero-order valence-corrected chi connectivity index (χ0v) is 29.4. The van der Waals surface area contributed by atoms with Crippen LogP contribution in [0.25, 0.3) is 9.67 Å². The van der Waals surface area contributed by atoms with E-state index in [1.54, 1.807) is 3.59 Å². The Hall–Kier alpha value is -2.98. The molecule has 3 heteroatoms. The van der Waals surface area contributed by atoms with E-state index >= 15 is 0 Å². The fourth-order valence-corrected chi connectivity index (χ4v) is 22.9. The minimum absolute atomic E-state index is 0.538. The molecular weight excluding hydrogens is 631 g/mol. The van der Waals surface area contributed by atoms with Crippen LogP contribution >= 0.6 is 0 Å². The zero-order valence-electron chi connectivity index (χ0n) is 26.6. The first-order valence-corrected chi connectivity index (χ1v) is 23.9. The fraction of sp³-hybridized carbons (Fsp3) is 0.350. The van der Waals surface area contributed by atoms with E-state index in [4.69, 9.17) is 9.47 Å². The van der Waals surface area contributed by atoms with E-state index in [0.717, 1.165) is 11.5 Å². The number of hydrogen-bond donors (Lipinski definition) is 0. The van der Waals surface area contributed by atoms with Gasteiger partial charge in [-0.1, -0.05) is 0 Å². The average molecular weight is 682 g/mol. The Balaban J connectivity index is 1.91. The topological polar surface area (TPSA) is 18.5 Å². The van der Waals surface area contributed by atoms with E-state index in [-0.39, 0.29) is 0 Å². The van der Waals surface area contributed by atoms with Gasteiger partial charge in [-0.2, -0.15) is 0 Å².